The minimum Gasteiger partial charge on any atom is -0.462 e. The molecule has 6 unspecified atom stereocenters. The summed E-state index contributed by atoms with van der Waals surface area (Å²) in [5.41, 5.74) is 0. The third kappa shape index (κ3) is 31.2. The Balaban J connectivity index is 2.67. The van der Waals surface area contributed by atoms with Crippen molar-refractivity contribution in [2.45, 2.75) is 185 Å². The van der Waals surface area contributed by atoms with Gasteiger partial charge < -0.3 is 49.7 Å². The second-order valence-electron chi connectivity index (χ2n) is 15.9. The van der Waals surface area contributed by atoms with Gasteiger partial charge in [0.25, 0.3) is 0 Å². The van der Waals surface area contributed by atoms with E-state index in [9.17, 15) is 49.1 Å². The van der Waals surface area contributed by atoms with Crippen LogP contribution in [-0.2, 0) is 41.8 Å². The van der Waals surface area contributed by atoms with Crippen LogP contribution in [0.5, 0.6) is 0 Å². The van der Waals surface area contributed by atoms with Gasteiger partial charge in [-0.2, -0.15) is 0 Å². The van der Waals surface area contributed by atoms with E-state index in [0.717, 1.165) is 57.8 Å². The van der Waals surface area contributed by atoms with Crippen LogP contribution in [0.25, 0.3) is 0 Å². The van der Waals surface area contributed by atoms with Gasteiger partial charge in [-0.3, -0.25) is 23.2 Å². The van der Waals surface area contributed by atoms with Crippen LogP contribution >= 0.6 is 15.6 Å². The van der Waals surface area contributed by atoms with Gasteiger partial charge in [-0.05, 0) is 77.0 Å². The summed E-state index contributed by atoms with van der Waals surface area (Å²) in [7, 11) is -10.7. The lowest BCUT2D eigenvalue weighted by atomic mass is 9.85. The predicted octanol–water partition coefficient (Wildman–Crippen LogP) is 7.58. The van der Waals surface area contributed by atoms with Crippen LogP contribution in [0.1, 0.15) is 136 Å². The topological polar surface area (TPSA) is 276 Å². The fraction of sp³-hybridized carbons (Fsp3) is 0.660. The first-order valence-corrected chi connectivity index (χ1v) is 26.3. The second kappa shape index (κ2) is 37.1. The molecule has 19 heteroatoms. The molecule has 0 amide bonds. The van der Waals surface area contributed by atoms with Gasteiger partial charge in [0, 0.05) is 12.8 Å². The number of unbranched alkanes of at least 4 members (excludes halogenated alkanes) is 9. The Bertz CT molecular complexity index is 1620. The number of carbonyl (C=O) groups is 2. The van der Waals surface area contributed by atoms with Crippen molar-refractivity contribution in [3.05, 3.63) is 85.1 Å². The van der Waals surface area contributed by atoms with Crippen LogP contribution in [0.2, 0.25) is 0 Å². The second-order valence-corrected chi connectivity index (χ2v) is 18.5. The Morgan fingerprint density at radius 3 is 1.73 bits per heavy atom. The predicted molar refractivity (Wildman–Crippen MR) is 251 cm³/mol. The molecule has 1 saturated carbocycles. The van der Waals surface area contributed by atoms with Crippen LogP contribution in [-0.4, -0.2) is 114 Å². The minimum atomic E-state index is -5.38. The molecule has 0 aromatic carbocycles. The van der Waals surface area contributed by atoms with Crippen molar-refractivity contribution in [2.75, 3.05) is 13.2 Å². The molecule has 0 radical (unpaired) electrons. The lowest BCUT2D eigenvalue weighted by molar-refractivity contribution is -0.216. The zero-order chi connectivity index (χ0) is 49.1. The standard InChI is InChI=1S/C47H78O17P2/c1-3-5-7-8-9-10-11-12-13-14-19-22-25-28-31-35-41(50)62-39(37-61-66(58,59)64-47-44(53)42(51)43(52)46(45(47)54)63-65(55,56)57)36-60-40(49)34-30-27-24-21-18-16-15-17-20-23-26-29-33-38(48)32-6-4-2/h6,9-10,12-13,15-16,20-21,23-24,26,29,32,38-39,42-48,51-54H,3-5,7-8,11,14,17-19,22,25,27-28,30-31,33-37H2,1-2H3,(H,58,59)(H2,55,56,57)/b10-9-,13-12-,16-15-,23-20-,24-21-,29-26+,32-6-/t38?,39-,42?,43?,44?,45?,46-,47+/m1/s1. The van der Waals surface area contributed by atoms with Crippen molar-refractivity contribution in [3.8, 4) is 0 Å². The molecular weight excluding hydrogens is 898 g/mol. The van der Waals surface area contributed by atoms with Crippen LogP contribution in [0.4, 0.5) is 0 Å². The average Bonchev–Trinajstić information content (AvgIpc) is 3.27. The summed E-state index contributed by atoms with van der Waals surface area (Å²) in [6.45, 7) is 2.77. The lowest BCUT2D eigenvalue weighted by Gasteiger charge is -2.43. The van der Waals surface area contributed by atoms with E-state index in [2.05, 4.69) is 35.8 Å². The maximum atomic E-state index is 13.0. The van der Waals surface area contributed by atoms with E-state index in [1.54, 1.807) is 6.08 Å². The lowest BCUT2D eigenvalue weighted by Crippen LogP contribution is -2.64. The molecule has 9 atom stereocenters. The molecule has 0 saturated heterocycles. The zero-order valence-corrected chi connectivity index (χ0v) is 40.5. The number of ether oxygens (including phenoxy) is 2. The van der Waals surface area contributed by atoms with Crippen molar-refractivity contribution >= 4 is 27.6 Å². The smallest absolute Gasteiger partial charge is 0.462 e. The Morgan fingerprint density at radius 2 is 1.11 bits per heavy atom. The molecule has 17 nitrogen and oxygen atoms in total. The first kappa shape index (κ1) is 61.2. The van der Waals surface area contributed by atoms with Gasteiger partial charge in [0.2, 0.25) is 0 Å². The van der Waals surface area contributed by atoms with E-state index in [4.69, 9.17) is 28.3 Å². The summed E-state index contributed by atoms with van der Waals surface area (Å²) in [4.78, 5) is 54.2. The molecule has 1 rings (SSSR count). The Hall–Kier alpha value is -2.86. The number of allylic oxidation sites excluding steroid dienone is 12. The van der Waals surface area contributed by atoms with Gasteiger partial charge in [0.15, 0.2) is 6.10 Å². The van der Waals surface area contributed by atoms with Crippen LogP contribution in [0.3, 0.4) is 0 Å². The maximum Gasteiger partial charge on any atom is 0.472 e. The maximum absolute atomic E-state index is 13.0. The molecule has 1 fully saturated rings. The molecule has 0 aromatic heterocycles. The third-order valence-corrected chi connectivity index (χ3v) is 11.5. The first-order valence-electron chi connectivity index (χ1n) is 23.2. The van der Waals surface area contributed by atoms with Gasteiger partial charge in [-0.25, -0.2) is 9.13 Å². The SMILES string of the molecule is CC/C=C\C(O)C/C=C/C=C\C/C=C\C/C=C\CCCC(=O)OC[C@H](COP(=O)(O)O[C@H]1C(O)C(O)C(O)[C@@H](OP(=O)(O)O)C1O)OC(=O)CCCCCCC/C=C\C/C=C\CCCCC. The molecule has 0 spiro atoms. The van der Waals surface area contributed by atoms with Crippen LogP contribution in [0.15, 0.2) is 85.1 Å². The highest BCUT2D eigenvalue weighted by molar-refractivity contribution is 7.47. The summed E-state index contributed by atoms with van der Waals surface area (Å²) in [5.74, 6) is -1.32. The highest BCUT2D eigenvalue weighted by Gasteiger charge is 2.54. The molecule has 66 heavy (non-hydrogen) atoms. The quantitative estimate of drug-likeness (QED) is 0.00979. The fourth-order valence-corrected chi connectivity index (χ4v) is 7.94. The molecular formula is C47H78O17P2. The Labute approximate surface area is 391 Å². The monoisotopic (exact) mass is 976 g/mol. The molecule has 0 bridgehead atoms. The van der Waals surface area contributed by atoms with Gasteiger partial charge in [-0.1, -0.05) is 131 Å². The number of hydrogen-bond acceptors (Lipinski definition) is 14. The number of phosphoric ester groups is 2. The van der Waals surface area contributed by atoms with E-state index in [0.29, 0.717) is 32.1 Å². The summed E-state index contributed by atoms with van der Waals surface area (Å²) < 4.78 is 49.2. The van der Waals surface area contributed by atoms with E-state index in [1.165, 1.54) is 19.3 Å². The highest BCUT2D eigenvalue weighted by atomic mass is 31.2. The number of rotatable bonds is 37. The summed E-state index contributed by atoms with van der Waals surface area (Å²) >= 11 is 0. The Morgan fingerprint density at radius 1 is 0.576 bits per heavy atom. The number of carbonyl (C=O) groups excluding carboxylic acids is 2. The van der Waals surface area contributed by atoms with Crippen molar-refractivity contribution in [1.29, 1.82) is 0 Å². The zero-order valence-electron chi connectivity index (χ0n) is 38.7. The van der Waals surface area contributed by atoms with Crippen molar-refractivity contribution in [2.24, 2.45) is 0 Å². The van der Waals surface area contributed by atoms with Gasteiger partial charge in [0.05, 0.1) is 12.7 Å². The summed E-state index contributed by atoms with van der Waals surface area (Å²) in [6.07, 6.45) is 27.4. The number of esters is 2. The molecule has 0 aromatic rings. The van der Waals surface area contributed by atoms with Gasteiger partial charge >= 0.3 is 27.6 Å². The summed E-state index contributed by atoms with van der Waals surface area (Å²) in [5, 5.41) is 51.0. The molecule has 1 aliphatic rings. The number of aliphatic hydroxyl groups excluding tert-OH is 5. The van der Waals surface area contributed by atoms with E-state index < -0.39 is 89.6 Å². The number of phosphoric acid groups is 2. The normalized spacial score (nSPS) is 22.8. The third-order valence-electron chi connectivity index (χ3n) is 10.0. The number of aliphatic hydroxyl groups is 5. The van der Waals surface area contributed by atoms with E-state index >= 15 is 0 Å². The van der Waals surface area contributed by atoms with Crippen molar-refractivity contribution < 1.29 is 82.0 Å². The first-order chi connectivity index (χ1) is 31.5. The fourth-order valence-electron chi connectivity index (χ4n) is 6.40. The van der Waals surface area contributed by atoms with Crippen molar-refractivity contribution in [1.82, 2.24) is 0 Å². The minimum absolute atomic E-state index is 0.00260. The largest absolute Gasteiger partial charge is 0.472 e. The molecule has 8 N–H and O–H groups in total. The molecule has 1 aliphatic carbocycles. The van der Waals surface area contributed by atoms with Gasteiger partial charge in [-0.15, -0.1) is 0 Å². The molecule has 378 valence electrons. The average molecular weight is 977 g/mol. The summed E-state index contributed by atoms with van der Waals surface area (Å²) in [6, 6.07) is 0. The van der Waals surface area contributed by atoms with E-state index in [1.807, 2.05) is 61.6 Å². The molecule has 0 heterocycles. The highest BCUT2D eigenvalue weighted by Crippen LogP contribution is 2.49. The van der Waals surface area contributed by atoms with Crippen LogP contribution in [0, 0.1) is 0 Å². The van der Waals surface area contributed by atoms with E-state index in [-0.39, 0.29) is 12.8 Å². The van der Waals surface area contributed by atoms with Crippen molar-refractivity contribution in [3.63, 3.8) is 0 Å². The van der Waals surface area contributed by atoms with Gasteiger partial charge in [0.1, 0.15) is 43.2 Å². The Kier molecular flexibility index (Phi) is 34.4. The van der Waals surface area contributed by atoms with Crippen LogP contribution < -0.4 is 0 Å². The number of hydrogen-bond donors (Lipinski definition) is 8. The molecule has 0 aliphatic heterocycles.